The standard InChI is InChI=1S/C27H32FN7/c1-18(32-16-19-5-6-19)30-15-13-23(29)27-26(20-7-9-21(28)10-8-20)34-25-12-11-22(35(25)27)17-33-24-4-2-3-14-31-24/h2-4,7-10,13-15,18-19,22,32H,5-6,11-12,16-17,29H2,1H3,(H,31,33)/b23-13-,30-15-. The molecular formula is C27H32FN7. The molecule has 1 aliphatic heterocycles. The van der Waals surface area contributed by atoms with Gasteiger partial charge in [-0.15, -0.1) is 0 Å². The van der Waals surface area contributed by atoms with Gasteiger partial charge in [-0.3, -0.25) is 10.3 Å². The van der Waals surface area contributed by atoms with Gasteiger partial charge in [0.1, 0.15) is 17.5 Å². The summed E-state index contributed by atoms with van der Waals surface area (Å²) in [4.78, 5) is 13.9. The van der Waals surface area contributed by atoms with E-state index in [-0.39, 0.29) is 18.0 Å². The van der Waals surface area contributed by atoms with Crippen molar-refractivity contribution >= 4 is 17.7 Å². The van der Waals surface area contributed by atoms with Crippen molar-refractivity contribution in [2.75, 3.05) is 18.4 Å². The van der Waals surface area contributed by atoms with Crippen LogP contribution in [0.3, 0.4) is 0 Å². The fraction of sp³-hybridized carbons (Fsp3) is 0.370. The molecule has 2 aromatic heterocycles. The Kier molecular flexibility index (Phi) is 6.90. The number of hydrogen-bond donors (Lipinski definition) is 3. The van der Waals surface area contributed by atoms with E-state index in [1.54, 1.807) is 24.5 Å². The van der Waals surface area contributed by atoms with Gasteiger partial charge in [0, 0.05) is 30.9 Å². The maximum atomic E-state index is 13.6. The molecule has 5 rings (SSSR count). The van der Waals surface area contributed by atoms with Gasteiger partial charge in [0.25, 0.3) is 0 Å². The SMILES string of the molecule is CC(/N=C\C=C(/N)c1c(-c2ccc(F)cc2)nc2n1C(CNc1ccccn1)CC2)NCC1CC1. The molecule has 0 saturated heterocycles. The number of aromatic nitrogens is 3. The highest BCUT2D eigenvalue weighted by Gasteiger charge is 2.30. The van der Waals surface area contributed by atoms with E-state index in [4.69, 9.17) is 10.7 Å². The third kappa shape index (κ3) is 5.59. The first-order valence-corrected chi connectivity index (χ1v) is 12.3. The van der Waals surface area contributed by atoms with Crippen LogP contribution in [0.5, 0.6) is 0 Å². The molecule has 182 valence electrons. The maximum Gasteiger partial charge on any atom is 0.125 e. The molecule has 1 aliphatic carbocycles. The highest BCUT2D eigenvalue weighted by Crippen LogP contribution is 2.36. The normalized spacial score (nSPS) is 18.7. The molecule has 2 aliphatic rings. The molecule has 3 heterocycles. The summed E-state index contributed by atoms with van der Waals surface area (Å²) in [6, 6.07) is 12.4. The molecule has 0 bridgehead atoms. The quantitative estimate of drug-likeness (QED) is 0.380. The Morgan fingerprint density at radius 3 is 2.77 bits per heavy atom. The average molecular weight is 474 g/mol. The Bertz CT molecular complexity index is 1200. The molecule has 0 radical (unpaired) electrons. The van der Waals surface area contributed by atoms with E-state index < -0.39 is 0 Å². The minimum Gasteiger partial charge on any atom is -0.397 e. The molecule has 2 atom stereocenters. The predicted molar refractivity (Wildman–Crippen MR) is 139 cm³/mol. The lowest BCUT2D eigenvalue weighted by Crippen LogP contribution is -2.26. The van der Waals surface area contributed by atoms with Crippen LogP contribution in [-0.2, 0) is 6.42 Å². The van der Waals surface area contributed by atoms with Gasteiger partial charge in [-0.05, 0) is 81.1 Å². The number of benzene rings is 1. The number of rotatable bonds is 10. The summed E-state index contributed by atoms with van der Waals surface area (Å²) in [7, 11) is 0. The molecule has 0 amide bonds. The van der Waals surface area contributed by atoms with E-state index in [2.05, 4.69) is 25.2 Å². The Balaban J connectivity index is 1.42. The van der Waals surface area contributed by atoms with E-state index in [1.807, 2.05) is 31.2 Å². The highest BCUT2D eigenvalue weighted by atomic mass is 19.1. The number of hydrogen-bond acceptors (Lipinski definition) is 6. The van der Waals surface area contributed by atoms with E-state index in [0.717, 1.165) is 53.9 Å². The molecule has 4 N–H and O–H groups in total. The third-order valence-corrected chi connectivity index (χ3v) is 6.59. The number of pyridine rings is 1. The molecular weight excluding hydrogens is 441 g/mol. The van der Waals surface area contributed by atoms with Crippen molar-refractivity contribution in [3.8, 4) is 11.3 Å². The Morgan fingerprint density at radius 1 is 1.20 bits per heavy atom. The second kappa shape index (κ2) is 10.4. The van der Waals surface area contributed by atoms with Gasteiger partial charge in [-0.2, -0.15) is 0 Å². The van der Waals surface area contributed by atoms with Crippen molar-refractivity contribution < 1.29 is 4.39 Å². The van der Waals surface area contributed by atoms with Crippen molar-refractivity contribution in [3.05, 3.63) is 72.1 Å². The Morgan fingerprint density at radius 2 is 2.03 bits per heavy atom. The lowest BCUT2D eigenvalue weighted by molar-refractivity contribution is 0.546. The number of allylic oxidation sites excluding steroid dienone is 1. The van der Waals surface area contributed by atoms with Crippen LogP contribution in [0.1, 0.15) is 43.7 Å². The first-order chi connectivity index (χ1) is 17.1. The lowest BCUT2D eigenvalue weighted by Gasteiger charge is -2.18. The van der Waals surface area contributed by atoms with E-state index in [9.17, 15) is 4.39 Å². The number of aryl methyl sites for hydroxylation is 1. The lowest BCUT2D eigenvalue weighted by atomic mass is 10.1. The highest BCUT2D eigenvalue weighted by molar-refractivity contribution is 5.87. The van der Waals surface area contributed by atoms with Crippen LogP contribution >= 0.6 is 0 Å². The van der Waals surface area contributed by atoms with Crippen LogP contribution in [-0.4, -0.2) is 40.0 Å². The van der Waals surface area contributed by atoms with Crippen LogP contribution < -0.4 is 16.4 Å². The number of imidazole rings is 1. The van der Waals surface area contributed by atoms with Gasteiger partial charge in [-0.25, -0.2) is 14.4 Å². The van der Waals surface area contributed by atoms with Gasteiger partial charge in [0.15, 0.2) is 0 Å². The van der Waals surface area contributed by atoms with Crippen molar-refractivity contribution in [1.82, 2.24) is 19.9 Å². The Hall–Kier alpha value is -3.52. The summed E-state index contributed by atoms with van der Waals surface area (Å²) in [6.07, 6.45) is 9.85. The van der Waals surface area contributed by atoms with Crippen molar-refractivity contribution in [3.63, 3.8) is 0 Å². The van der Waals surface area contributed by atoms with E-state index >= 15 is 0 Å². The van der Waals surface area contributed by atoms with Crippen molar-refractivity contribution in [2.24, 2.45) is 16.6 Å². The zero-order chi connectivity index (χ0) is 24.2. The van der Waals surface area contributed by atoms with Crippen LogP contribution in [0.2, 0.25) is 0 Å². The molecule has 7 nitrogen and oxygen atoms in total. The van der Waals surface area contributed by atoms with Crippen LogP contribution in [0, 0.1) is 11.7 Å². The van der Waals surface area contributed by atoms with Gasteiger partial charge in [0.2, 0.25) is 0 Å². The molecule has 35 heavy (non-hydrogen) atoms. The van der Waals surface area contributed by atoms with Crippen LogP contribution in [0.4, 0.5) is 10.2 Å². The summed E-state index contributed by atoms with van der Waals surface area (Å²) in [6.45, 7) is 3.76. The number of halogens is 1. The van der Waals surface area contributed by atoms with Gasteiger partial charge in [0.05, 0.1) is 29.3 Å². The smallest absolute Gasteiger partial charge is 0.125 e. The summed E-state index contributed by atoms with van der Waals surface area (Å²) in [5.41, 5.74) is 9.70. The van der Waals surface area contributed by atoms with Crippen molar-refractivity contribution in [1.29, 1.82) is 0 Å². The predicted octanol–water partition coefficient (Wildman–Crippen LogP) is 4.40. The third-order valence-electron chi connectivity index (χ3n) is 6.59. The molecule has 1 aromatic carbocycles. The topological polar surface area (TPSA) is 93.1 Å². The average Bonchev–Trinajstić information content (AvgIpc) is 3.51. The molecule has 1 saturated carbocycles. The molecule has 2 unspecified atom stereocenters. The molecule has 0 spiro atoms. The number of aliphatic imine (C=N–C) groups is 1. The molecule has 8 heteroatoms. The fourth-order valence-corrected chi connectivity index (χ4v) is 4.48. The number of anilines is 1. The van der Waals surface area contributed by atoms with Crippen LogP contribution in [0.15, 0.2) is 59.7 Å². The monoisotopic (exact) mass is 473 g/mol. The van der Waals surface area contributed by atoms with E-state index in [0.29, 0.717) is 12.2 Å². The Labute approximate surface area is 205 Å². The van der Waals surface area contributed by atoms with Gasteiger partial charge < -0.3 is 15.6 Å². The summed E-state index contributed by atoms with van der Waals surface area (Å²) >= 11 is 0. The zero-order valence-corrected chi connectivity index (χ0v) is 20.0. The second-order valence-corrected chi connectivity index (χ2v) is 9.34. The first-order valence-electron chi connectivity index (χ1n) is 12.3. The number of fused-ring (bicyclic) bond motifs is 1. The van der Waals surface area contributed by atoms with Crippen LogP contribution in [0.25, 0.3) is 17.0 Å². The van der Waals surface area contributed by atoms with E-state index in [1.165, 1.54) is 25.0 Å². The summed E-state index contributed by atoms with van der Waals surface area (Å²) < 4.78 is 15.8. The minimum atomic E-state index is -0.275. The summed E-state index contributed by atoms with van der Waals surface area (Å²) in [5.74, 6) is 2.35. The number of nitrogens with two attached hydrogens (primary N) is 1. The maximum absolute atomic E-state index is 13.6. The second-order valence-electron chi connectivity index (χ2n) is 9.34. The zero-order valence-electron chi connectivity index (χ0n) is 20.0. The molecule has 3 aromatic rings. The largest absolute Gasteiger partial charge is 0.397 e. The summed E-state index contributed by atoms with van der Waals surface area (Å²) in [5, 5.41) is 6.87. The fourth-order valence-electron chi connectivity index (χ4n) is 4.48. The van der Waals surface area contributed by atoms with Crippen molar-refractivity contribution in [2.45, 2.75) is 44.8 Å². The number of nitrogens with zero attached hydrogens (tertiary/aromatic N) is 4. The molecule has 1 fully saturated rings. The van der Waals surface area contributed by atoms with Gasteiger partial charge >= 0.3 is 0 Å². The first kappa shape index (κ1) is 23.2. The minimum absolute atomic E-state index is 0.0303. The van der Waals surface area contributed by atoms with Gasteiger partial charge in [-0.1, -0.05) is 6.07 Å². The number of nitrogens with one attached hydrogen (secondary N) is 2.